The predicted molar refractivity (Wildman–Crippen MR) is 103 cm³/mol. The molecule has 3 aromatic heterocycles. The molecule has 28 heavy (non-hydrogen) atoms. The number of carbonyl (C=O) groups is 1. The largest absolute Gasteiger partial charge is 0.453 e. The van der Waals surface area contributed by atoms with Gasteiger partial charge in [-0.25, -0.2) is 4.98 Å². The predicted octanol–water partition coefficient (Wildman–Crippen LogP) is 2.33. The number of hydrogen-bond acceptors (Lipinski definition) is 6. The van der Waals surface area contributed by atoms with Crippen molar-refractivity contribution >= 4 is 11.9 Å². The first-order chi connectivity index (χ1) is 13.7. The van der Waals surface area contributed by atoms with Crippen LogP contribution < -0.4 is 11.1 Å². The van der Waals surface area contributed by atoms with Crippen molar-refractivity contribution in [1.82, 2.24) is 30.0 Å². The first-order valence-corrected chi connectivity index (χ1v) is 8.81. The van der Waals surface area contributed by atoms with Crippen LogP contribution in [0.25, 0.3) is 22.9 Å². The molecule has 4 rings (SSSR count). The fraction of sp³-hybridized carbons (Fsp3) is 0.158. The number of aromatic amines is 1. The van der Waals surface area contributed by atoms with Crippen molar-refractivity contribution in [3.05, 3.63) is 60.7 Å². The van der Waals surface area contributed by atoms with Gasteiger partial charge in [0.2, 0.25) is 5.95 Å². The molecule has 0 unspecified atom stereocenters. The molecule has 0 bridgehead atoms. The Morgan fingerprint density at radius 1 is 1.18 bits per heavy atom. The third-order valence-electron chi connectivity index (χ3n) is 4.21. The number of imidazole rings is 1. The maximum atomic E-state index is 12.3. The highest BCUT2D eigenvalue weighted by molar-refractivity contribution is 5.94. The molecule has 0 spiro atoms. The van der Waals surface area contributed by atoms with E-state index in [4.69, 9.17) is 10.2 Å². The number of nitrogens with two attached hydrogens (primary N) is 1. The smallest absolute Gasteiger partial charge is 0.251 e. The van der Waals surface area contributed by atoms with Gasteiger partial charge in [-0.15, -0.1) is 5.10 Å². The number of H-pyrrole nitrogens is 1. The van der Waals surface area contributed by atoms with E-state index in [1.807, 2.05) is 29.0 Å². The third kappa shape index (κ3) is 3.93. The highest BCUT2D eigenvalue weighted by Gasteiger charge is 2.11. The second kappa shape index (κ2) is 7.78. The summed E-state index contributed by atoms with van der Waals surface area (Å²) >= 11 is 0. The zero-order chi connectivity index (χ0) is 19.3. The van der Waals surface area contributed by atoms with Gasteiger partial charge in [0.05, 0.1) is 6.33 Å². The summed E-state index contributed by atoms with van der Waals surface area (Å²) < 4.78 is 7.76. The standard InChI is InChI=1S/C19H19N7O2/c20-19-23-17(24-25-19)16-7-6-15(28-16)13-2-4-14(5-3-13)18(27)22-8-1-10-26-11-9-21-12-26/h2-7,9,11-12H,1,8,10H2,(H,22,27)(H3,20,23,24,25). The average Bonchev–Trinajstić information content (AvgIpc) is 3.46. The van der Waals surface area contributed by atoms with Gasteiger partial charge in [0.15, 0.2) is 11.6 Å². The Bertz CT molecular complexity index is 1050. The Kier molecular flexibility index (Phi) is 4.87. The number of aromatic nitrogens is 5. The third-order valence-corrected chi connectivity index (χ3v) is 4.21. The van der Waals surface area contributed by atoms with Crippen molar-refractivity contribution in [2.45, 2.75) is 13.0 Å². The molecule has 142 valence electrons. The van der Waals surface area contributed by atoms with Crippen LogP contribution in [0.2, 0.25) is 0 Å². The summed E-state index contributed by atoms with van der Waals surface area (Å²) in [5, 5.41) is 9.41. The Hall–Kier alpha value is -3.88. The Balaban J connectivity index is 1.34. The highest BCUT2D eigenvalue weighted by Crippen LogP contribution is 2.27. The van der Waals surface area contributed by atoms with Crippen LogP contribution in [0.5, 0.6) is 0 Å². The molecule has 0 fully saturated rings. The molecule has 0 aliphatic heterocycles. The first-order valence-electron chi connectivity index (χ1n) is 8.81. The fourth-order valence-corrected chi connectivity index (χ4v) is 2.78. The second-order valence-corrected chi connectivity index (χ2v) is 6.19. The van der Waals surface area contributed by atoms with Gasteiger partial charge < -0.3 is 20.0 Å². The topological polar surface area (TPSA) is 128 Å². The second-order valence-electron chi connectivity index (χ2n) is 6.19. The van der Waals surface area contributed by atoms with E-state index in [0.717, 1.165) is 18.5 Å². The maximum absolute atomic E-state index is 12.3. The van der Waals surface area contributed by atoms with E-state index < -0.39 is 0 Å². The number of aryl methyl sites for hydroxylation is 1. The van der Waals surface area contributed by atoms with Crippen molar-refractivity contribution in [3.63, 3.8) is 0 Å². The number of amides is 1. The van der Waals surface area contributed by atoms with Gasteiger partial charge in [0, 0.05) is 36.6 Å². The Labute approximate surface area is 160 Å². The van der Waals surface area contributed by atoms with Crippen molar-refractivity contribution in [2.24, 2.45) is 0 Å². The molecule has 0 saturated carbocycles. The lowest BCUT2D eigenvalue weighted by Crippen LogP contribution is -2.25. The molecule has 0 saturated heterocycles. The molecular formula is C19H19N7O2. The monoisotopic (exact) mass is 377 g/mol. The molecule has 1 aromatic carbocycles. The molecule has 0 radical (unpaired) electrons. The van der Waals surface area contributed by atoms with Gasteiger partial charge in [0.1, 0.15) is 5.76 Å². The van der Waals surface area contributed by atoms with E-state index in [-0.39, 0.29) is 11.9 Å². The van der Waals surface area contributed by atoms with E-state index in [9.17, 15) is 4.79 Å². The van der Waals surface area contributed by atoms with Gasteiger partial charge >= 0.3 is 0 Å². The maximum Gasteiger partial charge on any atom is 0.251 e. The molecule has 0 aliphatic carbocycles. The first kappa shape index (κ1) is 17.5. The molecule has 9 nitrogen and oxygen atoms in total. The SMILES string of the molecule is Nc1n[nH]c(-c2ccc(-c3ccc(C(=O)NCCCn4ccnc4)cc3)o2)n1. The summed E-state index contributed by atoms with van der Waals surface area (Å²) in [5.74, 6) is 1.73. The van der Waals surface area contributed by atoms with Gasteiger partial charge in [-0.1, -0.05) is 12.1 Å². The normalized spacial score (nSPS) is 10.9. The number of nitrogen functional groups attached to an aromatic ring is 1. The minimum atomic E-state index is -0.102. The number of furan rings is 1. The van der Waals surface area contributed by atoms with Gasteiger partial charge in [-0.3, -0.25) is 9.89 Å². The highest BCUT2D eigenvalue weighted by atomic mass is 16.3. The molecule has 4 N–H and O–H groups in total. The van der Waals surface area contributed by atoms with Crippen LogP contribution in [-0.4, -0.2) is 37.2 Å². The van der Waals surface area contributed by atoms with E-state index >= 15 is 0 Å². The average molecular weight is 377 g/mol. The van der Waals surface area contributed by atoms with Crippen LogP contribution in [0.1, 0.15) is 16.8 Å². The molecule has 0 atom stereocenters. The van der Waals surface area contributed by atoms with E-state index in [1.165, 1.54) is 0 Å². The number of rotatable bonds is 7. The molecule has 4 aromatic rings. The number of hydrogen-bond donors (Lipinski definition) is 3. The number of nitrogens with zero attached hydrogens (tertiary/aromatic N) is 4. The number of carbonyl (C=O) groups excluding carboxylic acids is 1. The van der Waals surface area contributed by atoms with E-state index in [1.54, 1.807) is 30.7 Å². The molecule has 0 aliphatic rings. The summed E-state index contributed by atoms with van der Waals surface area (Å²) in [4.78, 5) is 20.3. The minimum absolute atomic E-state index is 0.102. The summed E-state index contributed by atoms with van der Waals surface area (Å²) in [6.45, 7) is 1.41. The molecule has 9 heteroatoms. The number of benzene rings is 1. The van der Waals surface area contributed by atoms with Gasteiger partial charge in [-0.2, -0.15) is 4.98 Å². The zero-order valence-electron chi connectivity index (χ0n) is 15.0. The summed E-state index contributed by atoms with van der Waals surface area (Å²) in [6, 6.07) is 10.9. The van der Waals surface area contributed by atoms with Crippen LogP contribution in [-0.2, 0) is 6.54 Å². The Morgan fingerprint density at radius 3 is 2.71 bits per heavy atom. The quantitative estimate of drug-likeness (QED) is 0.424. The number of nitrogens with one attached hydrogen (secondary N) is 2. The van der Waals surface area contributed by atoms with Crippen molar-refractivity contribution in [3.8, 4) is 22.9 Å². The summed E-state index contributed by atoms with van der Waals surface area (Å²) in [5.41, 5.74) is 6.97. The minimum Gasteiger partial charge on any atom is -0.453 e. The lowest BCUT2D eigenvalue weighted by atomic mass is 10.1. The lowest BCUT2D eigenvalue weighted by molar-refractivity contribution is 0.0952. The number of anilines is 1. The van der Waals surface area contributed by atoms with E-state index in [0.29, 0.717) is 29.5 Å². The van der Waals surface area contributed by atoms with Crippen LogP contribution in [0.3, 0.4) is 0 Å². The van der Waals surface area contributed by atoms with Gasteiger partial charge in [0.25, 0.3) is 5.91 Å². The van der Waals surface area contributed by atoms with Crippen LogP contribution in [0.4, 0.5) is 5.95 Å². The molecule has 3 heterocycles. The summed E-state index contributed by atoms with van der Waals surface area (Å²) in [7, 11) is 0. The molecule has 1 amide bonds. The fourth-order valence-electron chi connectivity index (χ4n) is 2.78. The van der Waals surface area contributed by atoms with Crippen molar-refractivity contribution in [1.29, 1.82) is 0 Å². The van der Waals surface area contributed by atoms with E-state index in [2.05, 4.69) is 25.5 Å². The van der Waals surface area contributed by atoms with Crippen LogP contribution in [0.15, 0.2) is 59.5 Å². The van der Waals surface area contributed by atoms with Crippen LogP contribution >= 0.6 is 0 Å². The van der Waals surface area contributed by atoms with Crippen molar-refractivity contribution < 1.29 is 9.21 Å². The van der Waals surface area contributed by atoms with Crippen LogP contribution in [0, 0.1) is 0 Å². The van der Waals surface area contributed by atoms with Gasteiger partial charge in [-0.05, 0) is 30.7 Å². The Morgan fingerprint density at radius 2 is 2.00 bits per heavy atom. The van der Waals surface area contributed by atoms with Crippen molar-refractivity contribution in [2.75, 3.05) is 12.3 Å². The summed E-state index contributed by atoms with van der Waals surface area (Å²) in [6.07, 6.45) is 6.24. The molecular weight excluding hydrogens is 358 g/mol. The zero-order valence-corrected chi connectivity index (χ0v) is 15.0. The lowest BCUT2D eigenvalue weighted by Gasteiger charge is -2.06.